The fourth-order valence-electron chi connectivity index (χ4n) is 1.87. The van der Waals surface area contributed by atoms with E-state index in [2.05, 4.69) is 10.1 Å². The highest BCUT2D eigenvalue weighted by Crippen LogP contribution is 2.24. The predicted octanol–water partition coefficient (Wildman–Crippen LogP) is 1.04. The maximum atomic E-state index is 10.6. The number of aliphatic carboxylic acids is 1. The van der Waals surface area contributed by atoms with Crippen LogP contribution in [0.1, 0.15) is 19.3 Å². The Morgan fingerprint density at radius 3 is 2.47 bits per heavy atom. The summed E-state index contributed by atoms with van der Waals surface area (Å²) in [7, 11) is 0. The highest BCUT2D eigenvalue weighted by Gasteiger charge is 2.38. The first-order valence-corrected chi connectivity index (χ1v) is 5.67. The van der Waals surface area contributed by atoms with Crippen molar-refractivity contribution in [3.63, 3.8) is 0 Å². The van der Waals surface area contributed by atoms with Gasteiger partial charge < -0.3 is 10.8 Å². The van der Waals surface area contributed by atoms with Crippen LogP contribution in [-0.4, -0.2) is 38.1 Å². The van der Waals surface area contributed by atoms with Crippen LogP contribution >= 0.6 is 0 Å². The van der Waals surface area contributed by atoms with Crippen molar-refractivity contribution in [3.8, 4) is 0 Å². The van der Waals surface area contributed by atoms with Crippen molar-refractivity contribution in [1.82, 2.24) is 14.8 Å². The van der Waals surface area contributed by atoms with E-state index >= 15 is 0 Å². The molecule has 3 N–H and O–H groups in total. The Balaban J connectivity index is 0.000000224. The summed E-state index contributed by atoms with van der Waals surface area (Å²) in [6.07, 6.45) is 1.80. The molecule has 2 rings (SSSR count). The molecule has 1 saturated carbocycles. The van der Waals surface area contributed by atoms with Crippen molar-refractivity contribution < 1.29 is 23.1 Å². The van der Waals surface area contributed by atoms with Crippen LogP contribution in [0.25, 0.3) is 0 Å². The molecule has 1 fully saturated rings. The van der Waals surface area contributed by atoms with E-state index in [4.69, 9.17) is 15.6 Å². The largest absolute Gasteiger partial charge is 0.490 e. The average molecular weight is 280 g/mol. The van der Waals surface area contributed by atoms with E-state index in [0.29, 0.717) is 12.0 Å². The number of halogens is 3. The van der Waals surface area contributed by atoms with Crippen LogP contribution in [0.3, 0.4) is 0 Å². The van der Waals surface area contributed by atoms with Crippen LogP contribution in [0.2, 0.25) is 0 Å². The highest BCUT2D eigenvalue weighted by atomic mass is 19.4. The van der Waals surface area contributed by atoms with Crippen LogP contribution in [0.5, 0.6) is 0 Å². The Hall–Kier alpha value is -1.64. The molecule has 9 heteroatoms. The van der Waals surface area contributed by atoms with E-state index in [9.17, 15) is 13.2 Å². The van der Waals surface area contributed by atoms with Gasteiger partial charge in [-0.25, -0.2) is 9.78 Å². The molecule has 1 aliphatic carbocycles. The minimum Gasteiger partial charge on any atom is -0.475 e. The second-order valence-corrected chi connectivity index (χ2v) is 4.36. The quantitative estimate of drug-likeness (QED) is 0.844. The molecule has 0 saturated heterocycles. The predicted molar refractivity (Wildman–Crippen MR) is 59.0 cm³/mol. The van der Waals surface area contributed by atoms with Gasteiger partial charge in [0.1, 0.15) is 12.7 Å². The molecule has 108 valence electrons. The van der Waals surface area contributed by atoms with E-state index in [1.807, 2.05) is 4.68 Å². The Bertz CT molecular complexity index is 394. The first-order chi connectivity index (χ1) is 8.79. The number of alkyl halides is 3. The molecule has 1 aromatic rings. The fourth-order valence-corrected chi connectivity index (χ4v) is 1.87. The number of nitrogens with zero attached hydrogens (tertiary/aromatic N) is 3. The Morgan fingerprint density at radius 2 is 2.11 bits per heavy atom. The number of carboxylic acids is 1. The summed E-state index contributed by atoms with van der Waals surface area (Å²) in [4.78, 5) is 12.8. The molecule has 0 amide bonds. The number of carboxylic acid groups (broad SMARTS) is 1. The molecule has 19 heavy (non-hydrogen) atoms. The molecule has 2 atom stereocenters. The second-order valence-electron chi connectivity index (χ2n) is 4.36. The number of hydrogen-bond donors (Lipinski definition) is 2. The zero-order chi connectivity index (χ0) is 14.5. The average Bonchev–Trinajstić information content (AvgIpc) is 2.90. The van der Waals surface area contributed by atoms with Gasteiger partial charge in [0.2, 0.25) is 0 Å². The van der Waals surface area contributed by atoms with Crippen LogP contribution in [-0.2, 0) is 11.3 Å². The summed E-state index contributed by atoms with van der Waals surface area (Å²) in [5.41, 5.74) is 5.81. The SMILES string of the molecule is N[C@H]1CC[C@@H](Cn2cncn2)C1.O=C(O)C(F)(F)F. The normalized spacial score (nSPS) is 22.7. The lowest BCUT2D eigenvalue weighted by Gasteiger charge is -2.07. The van der Waals surface area contributed by atoms with Gasteiger partial charge in [0.15, 0.2) is 0 Å². The first-order valence-electron chi connectivity index (χ1n) is 5.67. The maximum absolute atomic E-state index is 10.6. The molecule has 0 spiro atoms. The Labute approximate surface area is 107 Å². The molecule has 6 nitrogen and oxygen atoms in total. The summed E-state index contributed by atoms with van der Waals surface area (Å²) < 4.78 is 33.6. The summed E-state index contributed by atoms with van der Waals surface area (Å²) >= 11 is 0. The minimum atomic E-state index is -5.08. The van der Waals surface area contributed by atoms with Crippen molar-refractivity contribution in [2.75, 3.05) is 0 Å². The van der Waals surface area contributed by atoms with Crippen LogP contribution < -0.4 is 5.73 Å². The number of nitrogens with two attached hydrogens (primary N) is 1. The Kier molecular flexibility index (Phi) is 5.28. The van der Waals surface area contributed by atoms with Crippen molar-refractivity contribution in [2.24, 2.45) is 11.7 Å². The number of rotatable bonds is 2. The van der Waals surface area contributed by atoms with Crippen LogP contribution in [0.4, 0.5) is 13.2 Å². The lowest BCUT2D eigenvalue weighted by Crippen LogP contribution is -2.21. The second kappa shape index (κ2) is 6.50. The summed E-state index contributed by atoms with van der Waals surface area (Å²) in [5, 5.41) is 11.2. The third kappa shape index (κ3) is 5.69. The molecule has 1 aromatic heterocycles. The summed E-state index contributed by atoms with van der Waals surface area (Å²) in [6.45, 7) is 0.980. The van der Waals surface area contributed by atoms with Gasteiger partial charge >= 0.3 is 12.1 Å². The molecular formula is C10H15F3N4O2. The van der Waals surface area contributed by atoms with Crippen molar-refractivity contribution >= 4 is 5.97 Å². The lowest BCUT2D eigenvalue weighted by molar-refractivity contribution is -0.192. The summed E-state index contributed by atoms with van der Waals surface area (Å²) in [6, 6.07) is 0.415. The molecule has 1 heterocycles. The van der Waals surface area contributed by atoms with Gasteiger partial charge in [-0.05, 0) is 25.2 Å². The third-order valence-electron chi connectivity index (χ3n) is 2.74. The van der Waals surface area contributed by atoms with Crippen molar-refractivity contribution in [3.05, 3.63) is 12.7 Å². The Morgan fingerprint density at radius 1 is 1.47 bits per heavy atom. The van der Waals surface area contributed by atoms with Gasteiger partial charge in [-0.15, -0.1) is 0 Å². The summed E-state index contributed by atoms with van der Waals surface area (Å²) in [5.74, 6) is -2.05. The monoisotopic (exact) mass is 280 g/mol. The molecule has 0 unspecified atom stereocenters. The molecular weight excluding hydrogens is 265 g/mol. The van der Waals surface area contributed by atoms with E-state index < -0.39 is 12.1 Å². The molecule has 0 radical (unpaired) electrons. The zero-order valence-electron chi connectivity index (χ0n) is 10.0. The van der Waals surface area contributed by atoms with Gasteiger partial charge in [0, 0.05) is 12.6 Å². The van der Waals surface area contributed by atoms with Crippen LogP contribution in [0.15, 0.2) is 12.7 Å². The van der Waals surface area contributed by atoms with Gasteiger partial charge in [-0.1, -0.05) is 0 Å². The van der Waals surface area contributed by atoms with E-state index in [1.54, 1.807) is 12.7 Å². The van der Waals surface area contributed by atoms with Gasteiger partial charge in [0.05, 0.1) is 0 Å². The lowest BCUT2D eigenvalue weighted by atomic mass is 10.1. The fraction of sp³-hybridized carbons (Fsp3) is 0.700. The highest BCUT2D eigenvalue weighted by molar-refractivity contribution is 5.73. The van der Waals surface area contributed by atoms with E-state index in [-0.39, 0.29) is 0 Å². The molecule has 0 aliphatic heterocycles. The smallest absolute Gasteiger partial charge is 0.475 e. The van der Waals surface area contributed by atoms with E-state index in [0.717, 1.165) is 13.0 Å². The van der Waals surface area contributed by atoms with E-state index in [1.165, 1.54) is 12.8 Å². The van der Waals surface area contributed by atoms with Gasteiger partial charge in [-0.2, -0.15) is 18.3 Å². The number of hydrogen-bond acceptors (Lipinski definition) is 4. The number of carbonyl (C=O) groups is 1. The topological polar surface area (TPSA) is 94.0 Å². The maximum Gasteiger partial charge on any atom is 0.490 e. The minimum absolute atomic E-state index is 0.415. The first kappa shape index (κ1) is 15.4. The van der Waals surface area contributed by atoms with Gasteiger partial charge in [-0.3, -0.25) is 4.68 Å². The molecule has 1 aliphatic rings. The molecule has 0 aromatic carbocycles. The molecule has 0 bridgehead atoms. The van der Waals surface area contributed by atoms with Crippen molar-refractivity contribution in [2.45, 2.75) is 38.0 Å². The number of aromatic nitrogens is 3. The third-order valence-corrected chi connectivity index (χ3v) is 2.74. The van der Waals surface area contributed by atoms with Crippen molar-refractivity contribution in [1.29, 1.82) is 0 Å². The van der Waals surface area contributed by atoms with Crippen LogP contribution in [0, 0.1) is 5.92 Å². The standard InChI is InChI=1S/C8H14N4.C2HF3O2/c9-8-2-1-7(3-8)4-12-6-10-5-11-12;3-2(4,5)1(6)7/h5-8H,1-4,9H2;(H,6,7)/t7-,8+;/m1./s1. The van der Waals surface area contributed by atoms with Gasteiger partial charge in [0.25, 0.3) is 0 Å². The zero-order valence-corrected chi connectivity index (χ0v) is 10.0.